The third-order valence-corrected chi connectivity index (χ3v) is 1.47. The Labute approximate surface area is 77.5 Å². The molecule has 0 saturated heterocycles. The lowest BCUT2D eigenvalue weighted by molar-refractivity contribution is -0.156. The minimum atomic E-state index is -0.935. The van der Waals surface area contributed by atoms with E-state index in [1.54, 1.807) is 6.08 Å². The van der Waals surface area contributed by atoms with Crippen molar-refractivity contribution in [2.75, 3.05) is 14.2 Å². The van der Waals surface area contributed by atoms with Gasteiger partial charge in [-0.2, -0.15) is 0 Å². The van der Waals surface area contributed by atoms with Gasteiger partial charge >= 0.3 is 11.9 Å². The van der Waals surface area contributed by atoms with Crippen molar-refractivity contribution in [3.8, 4) is 0 Å². The largest absolute Gasteiger partial charge is 0.468 e. The standard InChI is InChI=1S/C9H14O4/c1-4-5-6-7(8(10)12-2)9(11)13-3/h5-7H,4H2,1-3H3/b6-5+. The summed E-state index contributed by atoms with van der Waals surface area (Å²) >= 11 is 0. The number of methoxy groups -OCH3 is 2. The van der Waals surface area contributed by atoms with Gasteiger partial charge in [-0.15, -0.1) is 0 Å². The highest BCUT2D eigenvalue weighted by molar-refractivity contribution is 5.96. The predicted octanol–water partition coefficient (Wildman–Crippen LogP) is 0.915. The first-order valence-electron chi connectivity index (χ1n) is 3.99. The molecular formula is C9H14O4. The minimum absolute atomic E-state index is 0.600. The third kappa shape index (κ3) is 3.73. The van der Waals surface area contributed by atoms with E-state index in [-0.39, 0.29) is 0 Å². The van der Waals surface area contributed by atoms with Gasteiger partial charge in [0, 0.05) is 0 Å². The van der Waals surface area contributed by atoms with Crippen LogP contribution in [0.1, 0.15) is 13.3 Å². The first kappa shape index (κ1) is 11.7. The molecule has 0 radical (unpaired) electrons. The average molecular weight is 186 g/mol. The Balaban J connectivity index is 4.45. The Bertz CT molecular complexity index is 192. The molecule has 0 aliphatic heterocycles. The molecule has 74 valence electrons. The van der Waals surface area contributed by atoms with Crippen LogP contribution in [0.15, 0.2) is 12.2 Å². The number of carbonyl (C=O) groups excluding carboxylic acids is 2. The first-order valence-corrected chi connectivity index (χ1v) is 3.99. The van der Waals surface area contributed by atoms with Gasteiger partial charge in [-0.25, -0.2) is 0 Å². The molecule has 0 unspecified atom stereocenters. The normalized spacial score (nSPS) is 10.5. The molecule has 0 spiro atoms. The fourth-order valence-electron chi connectivity index (χ4n) is 0.779. The quantitative estimate of drug-likeness (QED) is 0.372. The van der Waals surface area contributed by atoms with Crippen molar-refractivity contribution in [2.24, 2.45) is 5.92 Å². The molecule has 0 saturated carbocycles. The number of ether oxygens (including phenoxy) is 2. The molecule has 0 aromatic carbocycles. The summed E-state index contributed by atoms with van der Waals surface area (Å²) in [6.07, 6.45) is 3.96. The molecule has 13 heavy (non-hydrogen) atoms. The van der Waals surface area contributed by atoms with E-state index in [4.69, 9.17) is 0 Å². The lowest BCUT2D eigenvalue weighted by Gasteiger charge is -2.07. The molecule has 0 aromatic heterocycles. The van der Waals surface area contributed by atoms with Crippen molar-refractivity contribution < 1.29 is 19.1 Å². The lowest BCUT2D eigenvalue weighted by Crippen LogP contribution is -2.24. The van der Waals surface area contributed by atoms with Gasteiger partial charge in [0.2, 0.25) is 0 Å². The second-order valence-electron chi connectivity index (χ2n) is 2.36. The van der Waals surface area contributed by atoms with Gasteiger partial charge in [0.1, 0.15) is 0 Å². The summed E-state index contributed by atoms with van der Waals surface area (Å²) in [4.78, 5) is 22.1. The SMILES string of the molecule is CC/C=C/C(C(=O)OC)C(=O)OC. The van der Waals surface area contributed by atoms with Gasteiger partial charge in [-0.1, -0.05) is 19.1 Å². The Morgan fingerprint density at radius 2 is 1.69 bits per heavy atom. The van der Waals surface area contributed by atoms with E-state index in [0.717, 1.165) is 6.42 Å². The maximum absolute atomic E-state index is 11.0. The number of hydrogen-bond donors (Lipinski definition) is 0. The van der Waals surface area contributed by atoms with Gasteiger partial charge in [0.25, 0.3) is 0 Å². The molecule has 0 aliphatic carbocycles. The molecule has 4 heteroatoms. The van der Waals surface area contributed by atoms with Crippen LogP contribution in [0.2, 0.25) is 0 Å². The van der Waals surface area contributed by atoms with Crippen LogP contribution in [-0.2, 0) is 19.1 Å². The Morgan fingerprint density at radius 3 is 2.00 bits per heavy atom. The fraction of sp³-hybridized carbons (Fsp3) is 0.556. The summed E-state index contributed by atoms with van der Waals surface area (Å²) in [5, 5.41) is 0. The fourth-order valence-corrected chi connectivity index (χ4v) is 0.779. The van der Waals surface area contributed by atoms with Crippen LogP contribution in [0, 0.1) is 5.92 Å². The average Bonchev–Trinajstić information content (AvgIpc) is 2.17. The van der Waals surface area contributed by atoms with E-state index in [1.165, 1.54) is 20.3 Å². The molecule has 0 atom stereocenters. The highest BCUT2D eigenvalue weighted by Gasteiger charge is 2.25. The van der Waals surface area contributed by atoms with Gasteiger partial charge in [-0.3, -0.25) is 9.59 Å². The number of carbonyl (C=O) groups is 2. The van der Waals surface area contributed by atoms with Crippen LogP contribution < -0.4 is 0 Å². The predicted molar refractivity (Wildman–Crippen MR) is 47.0 cm³/mol. The highest BCUT2D eigenvalue weighted by atomic mass is 16.5. The lowest BCUT2D eigenvalue weighted by atomic mass is 10.1. The zero-order valence-electron chi connectivity index (χ0n) is 8.07. The summed E-state index contributed by atoms with van der Waals surface area (Å²) in [5.74, 6) is -2.14. The minimum Gasteiger partial charge on any atom is -0.468 e. The topological polar surface area (TPSA) is 52.6 Å². The van der Waals surface area contributed by atoms with Crippen LogP contribution >= 0.6 is 0 Å². The van der Waals surface area contributed by atoms with E-state index in [9.17, 15) is 9.59 Å². The molecule has 0 aliphatic rings. The molecule has 0 N–H and O–H groups in total. The number of rotatable bonds is 4. The Morgan fingerprint density at radius 1 is 1.23 bits per heavy atom. The van der Waals surface area contributed by atoms with Crippen LogP contribution in [-0.4, -0.2) is 26.2 Å². The highest BCUT2D eigenvalue weighted by Crippen LogP contribution is 2.04. The van der Waals surface area contributed by atoms with Gasteiger partial charge < -0.3 is 9.47 Å². The van der Waals surface area contributed by atoms with Crippen molar-refractivity contribution in [2.45, 2.75) is 13.3 Å². The number of esters is 2. The van der Waals surface area contributed by atoms with E-state index >= 15 is 0 Å². The van der Waals surface area contributed by atoms with Crippen molar-refractivity contribution in [3.05, 3.63) is 12.2 Å². The van der Waals surface area contributed by atoms with Crippen LogP contribution in [0.25, 0.3) is 0 Å². The molecule has 0 heterocycles. The zero-order valence-corrected chi connectivity index (χ0v) is 8.07. The van der Waals surface area contributed by atoms with Crippen LogP contribution in [0.4, 0.5) is 0 Å². The molecule has 0 fully saturated rings. The molecule has 0 bridgehead atoms. The Hall–Kier alpha value is -1.32. The second kappa shape index (κ2) is 6.22. The molecule has 0 rings (SSSR count). The number of hydrogen-bond acceptors (Lipinski definition) is 4. The van der Waals surface area contributed by atoms with Gasteiger partial charge in [-0.05, 0) is 6.42 Å². The summed E-state index contributed by atoms with van der Waals surface area (Å²) in [6.45, 7) is 1.90. The number of allylic oxidation sites excluding steroid dienone is 1. The summed E-state index contributed by atoms with van der Waals surface area (Å²) < 4.78 is 8.88. The maximum atomic E-state index is 11.0. The smallest absolute Gasteiger partial charge is 0.323 e. The van der Waals surface area contributed by atoms with Crippen molar-refractivity contribution in [1.82, 2.24) is 0 Å². The zero-order chi connectivity index (χ0) is 10.3. The van der Waals surface area contributed by atoms with Crippen LogP contribution in [0.3, 0.4) is 0 Å². The van der Waals surface area contributed by atoms with Crippen molar-refractivity contribution in [3.63, 3.8) is 0 Å². The van der Waals surface area contributed by atoms with Crippen LogP contribution in [0.5, 0.6) is 0 Å². The first-order chi connectivity index (χ1) is 6.17. The Kier molecular flexibility index (Phi) is 5.59. The van der Waals surface area contributed by atoms with E-state index in [2.05, 4.69) is 9.47 Å². The summed E-state index contributed by atoms with van der Waals surface area (Å²) in [6, 6.07) is 0. The van der Waals surface area contributed by atoms with Crippen molar-refractivity contribution in [1.29, 1.82) is 0 Å². The van der Waals surface area contributed by atoms with Gasteiger partial charge in [0.05, 0.1) is 14.2 Å². The molecular weight excluding hydrogens is 172 g/mol. The summed E-state index contributed by atoms with van der Waals surface area (Å²) in [5.41, 5.74) is 0. The second-order valence-corrected chi connectivity index (χ2v) is 2.36. The summed E-state index contributed by atoms with van der Waals surface area (Å²) in [7, 11) is 2.47. The molecule has 0 aromatic rings. The third-order valence-electron chi connectivity index (χ3n) is 1.47. The van der Waals surface area contributed by atoms with E-state index in [1.807, 2.05) is 6.92 Å². The molecule has 0 amide bonds. The van der Waals surface area contributed by atoms with Crippen molar-refractivity contribution >= 4 is 11.9 Å². The maximum Gasteiger partial charge on any atom is 0.323 e. The van der Waals surface area contributed by atoms with Gasteiger partial charge in [0.15, 0.2) is 5.92 Å². The monoisotopic (exact) mass is 186 g/mol. The van der Waals surface area contributed by atoms with E-state index < -0.39 is 17.9 Å². The molecule has 4 nitrogen and oxygen atoms in total. The van der Waals surface area contributed by atoms with E-state index in [0.29, 0.717) is 0 Å².